The molecule has 0 spiro atoms. The highest BCUT2D eigenvalue weighted by Crippen LogP contribution is 2.37. The summed E-state index contributed by atoms with van der Waals surface area (Å²) in [6.07, 6.45) is 7.02. The first kappa shape index (κ1) is 19.3. The molecule has 1 aliphatic rings. The van der Waals surface area contributed by atoms with Crippen LogP contribution in [0.25, 0.3) is 16.5 Å². The Balaban J connectivity index is 1.63. The summed E-state index contributed by atoms with van der Waals surface area (Å²) < 4.78 is 11.7. The third kappa shape index (κ3) is 3.93. The van der Waals surface area contributed by atoms with Crippen LogP contribution < -0.4 is 10.1 Å². The second kappa shape index (κ2) is 8.16. The molecular formula is C25H27NO3. The Morgan fingerprint density at radius 3 is 2.66 bits per heavy atom. The van der Waals surface area contributed by atoms with E-state index in [0.29, 0.717) is 0 Å². The summed E-state index contributed by atoms with van der Waals surface area (Å²) in [5.41, 5.74) is 6.00. The fourth-order valence-corrected chi connectivity index (χ4v) is 4.04. The van der Waals surface area contributed by atoms with Crippen molar-refractivity contribution in [2.75, 3.05) is 12.4 Å². The number of carbonyl (C=O) groups excluding carboxylic acids is 1. The van der Waals surface area contributed by atoms with Gasteiger partial charge in [0.15, 0.2) is 0 Å². The Morgan fingerprint density at radius 2 is 1.93 bits per heavy atom. The maximum atomic E-state index is 12.5. The number of aryl methyl sites for hydroxylation is 3. The lowest BCUT2D eigenvalue weighted by Crippen LogP contribution is -2.08. The van der Waals surface area contributed by atoms with E-state index in [1.165, 1.54) is 24.0 Å². The number of benzene rings is 2. The summed E-state index contributed by atoms with van der Waals surface area (Å²) in [6, 6.07) is 12.0. The van der Waals surface area contributed by atoms with Gasteiger partial charge in [-0.05, 0) is 61.9 Å². The van der Waals surface area contributed by atoms with Crippen LogP contribution in [-0.4, -0.2) is 13.0 Å². The monoisotopic (exact) mass is 389 g/mol. The second-order valence-corrected chi connectivity index (χ2v) is 7.63. The number of hydrogen-bond donors (Lipinski definition) is 1. The van der Waals surface area contributed by atoms with Gasteiger partial charge in [-0.3, -0.25) is 4.79 Å². The van der Waals surface area contributed by atoms with Crippen molar-refractivity contribution in [3.05, 3.63) is 64.9 Å². The van der Waals surface area contributed by atoms with Gasteiger partial charge >= 0.3 is 0 Å². The second-order valence-electron chi connectivity index (χ2n) is 7.63. The first-order valence-corrected chi connectivity index (χ1v) is 10.3. The number of methoxy groups -OCH3 is 1. The molecule has 0 saturated heterocycles. The lowest BCUT2D eigenvalue weighted by atomic mass is 9.94. The van der Waals surface area contributed by atoms with Gasteiger partial charge in [-0.2, -0.15) is 0 Å². The topological polar surface area (TPSA) is 51.5 Å². The van der Waals surface area contributed by atoms with E-state index in [-0.39, 0.29) is 5.91 Å². The molecule has 2 aromatic carbocycles. The van der Waals surface area contributed by atoms with Gasteiger partial charge in [0.1, 0.15) is 17.1 Å². The van der Waals surface area contributed by atoms with Crippen molar-refractivity contribution in [2.45, 2.75) is 46.0 Å². The molecule has 1 N–H and O–H groups in total. The Hall–Kier alpha value is -3.01. The standard InChI is InChI=1S/C25H27NO3/c1-4-17-9-11-18(12-10-17)26-25(27)13-16(2)20-14-21-19-7-5-6-8-22(19)29-24(21)15-23(20)28-3/h9-15H,4-8H2,1-3H3,(H,26,27)/b16-13+. The molecule has 29 heavy (non-hydrogen) atoms. The minimum atomic E-state index is -0.150. The quantitative estimate of drug-likeness (QED) is 0.551. The molecule has 0 atom stereocenters. The molecule has 4 nitrogen and oxygen atoms in total. The highest BCUT2D eigenvalue weighted by molar-refractivity contribution is 6.04. The van der Waals surface area contributed by atoms with Gasteiger partial charge in [-0.25, -0.2) is 0 Å². The van der Waals surface area contributed by atoms with Crippen LogP contribution >= 0.6 is 0 Å². The van der Waals surface area contributed by atoms with Crippen molar-refractivity contribution in [1.82, 2.24) is 0 Å². The maximum Gasteiger partial charge on any atom is 0.248 e. The van der Waals surface area contributed by atoms with Gasteiger partial charge in [0.05, 0.1) is 7.11 Å². The average molecular weight is 389 g/mol. The van der Waals surface area contributed by atoms with Crippen LogP contribution in [0, 0.1) is 0 Å². The largest absolute Gasteiger partial charge is 0.496 e. The average Bonchev–Trinajstić information content (AvgIpc) is 3.10. The number of anilines is 1. The Morgan fingerprint density at radius 1 is 1.17 bits per heavy atom. The number of hydrogen-bond acceptors (Lipinski definition) is 3. The zero-order valence-electron chi connectivity index (χ0n) is 17.3. The van der Waals surface area contributed by atoms with Crippen LogP contribution in [0.15, 0.2) is 46.9 Å². The zero-order chi connectivity index (χ0) is 20.4. The van der Waals surface area contributed by atoms with E-state index < -0.39 is 0 Å². The number of ether oxygens (including phenoxy) is 1. The smallest absolute Gasteiger partial charge is 0.248 e. The summed E-state index contributed by atoms with van der Waals surface area (Å²) in [7, 11) is 1.65. The minimum absolute atomic E-state index is 0.150. The summed E-state index contributed by atoms with van der Waals surface area (Å²) in [5.74, 6) is 1.67. The van der Waals surface area contributed by atoms with Crippen molar-refractivity contribution >= 4 is 28.1 Å². The summed E-state index contributed by atoms with van der Waals surface area (Å²) in [5, 5.41) is 4.08. The van der Waals surface area contributed by atoms with Crippen LogP contribution in [-0.2, 0) is 24.1 Å². The molecule has 1 aromatic heterocycles. The molecule has 0 bridgehead atoms. The molecule has 0 aliphatic heterocycles. The molecule has 0 unspecified atom stereocenters. The van der Waals surface area contributed by atoms with Crippen molar-refractivity contribution in [2.24, 2.45) is 0 Å². The first-order valence-electron chi connectivity index (χ1n) is 10.3. The molecule has 1 aliphatic carbocycles. The van der Waals surface area contributed by atoms with Gasteiger partial charge in [0.25, 0.3) is 0 Å². The maximum absolute atomic E-state index is 12.5. The molecule has 0 fully saturated rings. The molecule has 4 heteroatoms. The Labute approximate surface area is 171 Å². The van der Waals surface area contributed by atoms with Crippen molar-refractivity contribution in [3.63, 3.8) is 0 Å². The highest BCUT2D eigenvalue weighted by atomic mass is 16.5. The molecular weight excluding hydrogens is 362 g/mol. The fraction of sp³-hybridized carbons (Fsp3) is 0.320. The normalized spacial score (nSPS) is 14.0. The molecule has 150 valence electrons. The fourth-order valence-electron chi connectivity index (χ4n) is 4.04. The summed E-state index contributed by atoms with van der Waals surface area (Å²) in [4.78, 5) is 12.5. The predicted octanol–water partition coefficient (Wildman–Crippen LogP) is 5.92. The number of rotatable bonds is 5. The van der Waals surface area contributed by atoms with Gasteiger partial charge in [0, 0.05) is 40.8 Å². The van der Waals surface area contributed by atoms with Crippen LogP contribution in [0.5, 0.6) is 5.75 Å². The molecule has 1 heterocycles. The van der Waals surface area contributed by atoms with E-state index in [1.54, 1.807) is 13.2 Å². The Bertz CT molecular complexity index is 1070. The number of carbonyl (C=O) groups is 1. The van der Waals surface area contributed by atoms with Crippen molar-refractivity contribution in [3.8, 4) is 5.75 Å². The lowest BCUT2D eigenvalue weighted by Gasteiger charge is -2.11. The number of amides is 1. The van der Waals surface area contributed by atoms with Crippen LogP contribution in [0.4, 0.5) is 5.69 Å². The molecule has 4 rings (SSSR count). The lowest BCUT2D eigenvalue weighted by molar-refractivity contribution is -0.111. The summed E-state index contributed by atoms with van der Waals surface area (Å²) >= 11 is 0. The highest BCUT2D eigenvalue weighted by Gasteiger charge is 2.20. The number of fused-ring (bicyclic) bond motifs is 3. The molecule has 0 saturated carbocycles. The van der Waals surface area contributed by atoms with E-state index in [1.807, 2.05) is 37.3 Å². The van der Waals surface area contributed by atoms with Crippen LogP contribution in [0.2, 0.25) is 0 Å². The number of furan rings is 1. The van der Waals surface area contributed by atoms with Crippen LogP contribution in [0.3, 0.4) is 0 Å². The van der Waals surface area contributed by atoms with Gasteiger partial charge < -0.3 is 14.5 Å². The van der Waals surface area contributed by atoms with E-state index in [4.69, 9.17) is 9.15 Å². The van der Waals surface area contributed by atoms with Gasteiger partial charge in [0.2, 0.25) is 5.91 Å². The van der Waals surface area contributed by atoms with E-state index in [9.17, 15) is 4.79 Å². The summed E-state index contributed by atoms with van der Waals surface area (Å²) in [6.45, 7) is 4.05. The molecule has 1 amide bonds. The number of nitrogens with one attached hydrogen (secondary N) is 1. The van der Waals surface area contributed by atoms with E-state index in [2.05, 4.69) is 18.3 Å². The number of allylic oxidation sites excluding steroid dienone is 1. The van der Waals surface area contributed by atoms with E-state index >= 15 is 0 Å². The zero-order valence-corrected chi connectivity index (χ0v) is 17.3. The SMILES string of the molecule is CCc1ccc(NC(=O)/C=C(\C)c2cc3c4c(oc3cc2OC)CCCC4)cc1. The van der Waals surface area contributed by atoms with Crippen molar-refractivity contribution < 1.29 is 13.9 Å². The van der Waals surface area contributed by atoms with Gasteiger partial charge in [-0.15, -0.1) is 0 Å². The van der Waals surface area contributed by atoms with E-state index in [0.717, 1.165) is 58.6 Å². The first-order chi connectivity index (χ1) is 14.1. The third-order valence-corrected chi connectivity index (χ3v) is 5.68. The minimum Gasteiger partial charge on any atom is -0.496 e. The van der Waals surface area contributed by atoms with Crippen molar-refractivity contribution in [1.29, 1.82) is 0 Å². The van der Waals surface area contributed by atoms with Crippen LogP contribution in [0.1, 0.15) is 49.1 Å². The van der Waals surface area contributed by atoms with Gasteiger partial charge in [-0.1, -0.05) is 19.1 Å². The molecule has 3 aromatic rings. The predicted molar refractivity (Wildman–Crippen MR) is 118 cm³/mol. The Kier molecular flexibility index (Phi) is 5.43. The third-order valence-electron chi connectivity index (χ3n) is 5.68. The molecule has 0 radical (unpaired) electrons.